The van der Waals surface area contributed by atoms with Crippen LogP contribution in [0.1, 0.15) is 26.3 Å². The Kier molecular flexibility index (Phi) is 5.36. The Hall–Kier alpha value is -1.55. The van der Waals surface area contributed by atoms with E-state index in [4.69, 9.17) is 10.5 Å². The second-order valence-corrected chi connectivity index (χ2v) is 5.29. The fourth-order valence-corrected chi connectivity index (χ4v) is 1.86. The summed E-state index contributed by atoms with van der Waals surface area (Å²) in [6, 6.07) is 7.78. The van der Waals surface area contributed by atoms with Crippen LogP contribution in [-0.4, -0.2) is 31.0 Å². The van der Waals surface area contributed by atoms with Gasteiger partial charge in [-0.2, -0.15) is 0 Å². The number of carbonyl (C=O) groups excluding carboxylic acids is 1. The first-order chi connectivity index (χ1) is 8.92. The molecule has 0 radical (unpaired) electrons. The van der Waals surface area contributed by atoms with Gasteiger partial charge in [0.1, 0.15) is 5.75 Å². The largest absolute Gasteiger partial charge is 0.494 e. The van der Waals surface area contributed by atoms with Crippen LogP contribution in [0.25, 0.3) is 0 Å². The Morgan fingerprint density at radius 3 is 2.58 bits per heavy atom. The average Bonchev–Trinajstić information content (AvgIpc) is 2.40. The van der Waals surface area contributed by atoms with Crippen LogP contribution in [0.5, 0.6) is 5.75 Å². The number of nitrogens with two attached hydrogens (primary N) is 1. The van der Waals surface area contributed by atoms with Crippen molar-refractivity contribution in [3.8, 4) is 5.75 Å². The van der Waals surface area contributed by atoms with E-state index in [9.17, 15) is 4.79 Å². The third-order valence-electron chi connectivity index (χ3n) is 3.12. The van der Waals surface area contributed by atoms with E-state index in [1.807, 2.05) is 45.0 Å². The molecule has 1 amide bonds. The van der Waals surface area contributed by atoms with E-state index in [1.54, 1.807) is 11.9 Å². The zero-order valence-electron chi connectivity index (χ0n) is 12.3. The van der Waals surface area contributed by atoms with Crippen molar-refractivity contribution >= 4 is 5.91 Å². The maximum Gasteiger partial charge on any atom is 0.229 e. The van der Waals surface area contributed by atoms with E-state index < -0.39 is 5.41 Å². The summed E-state index contributed by atoms with van der Waals surface area (Å²) in [4.78, 5) is 14.0. The number of benzene rings is 1. The second kappa shape index (κ2) is 6.57. The monoisotopic (exact) mass is 264 g/mol. The van der Waals surface area contributed by atoms with Crippen LogP contribution in [0.4, 0.5) is 0 Å². The maximum absolute atomic E-state index is 12.3. The topological polar surface area (TPSA) is 55.6 Å². The molecule has 0 saturated heterocycles. The van der Waals surface area contributed by atoms with Crippen LogP contribution < -0.4 is 10.5 Å². The van der Waals surface area contributed by atoms with Gasteiger partial charge in [-0.15, -0.1) is 0 Å². The maximum atomic E-state index is 12.3. The summed E-state index contributed by atoms with van der Waals surface area (Å²) in [5.41, 5.74) is 6.12. The molecule has 2 N–H and O–H groups in total. The van der Waals surface area contributed by atoms with Gasteiger partial charge >= 0.3 is 0 Å². The Bertz CT molecular complexity index is 430. The summed E-state index contributed by atoms with van der Waals surface area (Å²) >= 11 is 0. The van der Waals surface area contributed by atoms with Crippen molar-refractivity contribution in [2.24, 2.45) is 11.1 Å². The predicted molar refractivity (Wildman–Crippen MR) is 76.9 cm³/mol. The average molecular weight is 264 g/mol. The smallest absolute Gasteiger partial charge is 0.229 e. The Labute approximate surface area is 115 Å². The molecule has 0 aliphatic rings. The minimum atomic E-state index is -0.532. The number of amides is 1. The number of carbonyl (C=O) groups is 1. The molecule has 19 heavy (non-hydrogen) atoms. The zero-order valence-corrected chi connectivity index (χ0v) is 12.3. The molecular weight excluding hydrogens is 240 g/mol. The molecule has 0 aromatic heterocycles. The molecule has 0 aliphatic heterocycles. The lowest BCUT2D eigenvalue weighted by molar-refractivity contribution is -0.139. The van der Waals surface area contributed by atoms with Crippen molar-refractivity contribution in [3.63, 3.8) is 0 Å². The second-order valence-electron chi connectivity index (χ2n) is 5.29. The molecule has 0 unspecified atom stereocenters. The first-order valence-corrected chi connectivity index (χ1v) is 6.58. The Balaban J connectivity index is 2.82. The molecule has 0 bridgehead atoms. The normalized spacial score (nSPS) is 11.2. The highest BCUT2D eigenvalue weighted by molar-refractivity contribution is 5.82. The van der Waals surface area contributed by atoms with Gasteiger partial charge in [-0.25, -0.2) is 0 Å². The van der Waals surface area contributed by atoms with Crippen LogP contribution in [0, 0.1) is 5.41 Å². The highest BCUT2D eigenvalue weighted by Gasteiger charge is 2.29. The van der Waals surface area contributed by atoms with Gasteiger partial charge in [0, 0.05) is 25.7 Å². The summed E-state index contributed by atoms with van der Waals surface area (Å²) in [6.45, 7) is 7.15. The van der Waals surface area contributed by atoms with E-state index in [2.05, 4.69) is 0 Å². The fraction of sp³-hybridized carbons (Fsp3) is 0.533. The molecule has 4 nitrogen and oxygen atoms in total. The van der Waals surface area contributed by atoms with E-state index in [0.717, 1.165) is 11.3 Å². The summed E-state index contributed by atoms with van der Waals surface area (Å²) in [7, 11) is 1.79. The lowest BCUT2D eigenvalue weighted by Gasteiger charge is -2.28. The summed E-state index contributed by atoms with van der Waals surface area (Å²) < 4.78 is 5.57. The van der Waals surface area contributed by atoms with Crippen molar-refractivity contribution in [2.75, 3.05) is 20.2 Å². The van der Waals surface area contributed by atoms with E-state index in [1.165, 1.54) is 0 Å². The first-order valence-electron chi connectivity index (χ1n) is 6.58. The third kappa shape index (κ3) is 3.96. The van der Waals surface area contributed by atoms with Crippen molar-refractivity contribution < 1.29 is 9.53 Å². The van der Waals surface area contributed by atoms with Crippen molar-refractivity contribution in [3.05, 3.63) is 29.8 Å². The Morgan fingerprint density at radius 2 is 2.00 bits per heavy atom. The van der Waals surface area contributed by atoms with Crippen molar-refractivity contribution in [1.29, 1.82) is 0 Å². The summed E-state index contributed by atoms with van der Waals surface area (Å²) in [5.74, 6) is 0.872. The quantitative estimate of drug-likeness (QED) is 0.855. The van der Waals surface area contributed by atoms with Crippen LogP contribution in [0.3, 0.4) is 0 Å². The zero-order chi connectivity index (χ0) is 14.5. The molecule has 0 heterocycles. The first kappa shape index (κ1) is 15.5. The molecule has 0 aliphatic carbocycles. The predicted octanol–water partition coefficient (Wildman–Crippen LogP) is 2.03. The number of rotatable bonds is 6. The van der Waals surface area contributed by atoms with Crippen LogP contribution in [0.2, 0.25) is 0 Å². The Morgan fingerprint density at radius 1 is 1.37 bits per heavy atom. The summed E-state index contributed by atoms with van der Waals surface area (Å²) in [6.07, 6.45) is 0. The molecule has 106 valence electrons. The number of hydrogen-bond donors (Lipinski definition) is 1. The summed E-state index contributed by atoms with van der Waals surface area (Å²) in [5, 5.41) is 0. The van der Waals surface area contributed by atoms with Gasteiger partial charge in [0.15, 0.2) is 0 Å². The highest BCUT2D eigenvalue weighted by atomic mass is 16.5. The molecule has 0 saturated carbocycles. The van der Waals surface area contributed by atoms with E-state index >= 15 is 0 Å². The van der Waals surface area contributed by atoms with Gasteiger partial charge < -0.3 is 15.4 Å². The van der Waals surface area contributed by atoms with Crippen LogP contribution in [0.15, 0.2) is 24.3 Å². The van der Waals surface area contributed by atoms with Gasteiger partial charge in [0.2, 0.25) is 5.91 Å². The van der Waals surface area contributed by atoms with Crippen LogP contribution >= 0.6 is 0 Å². The van der Waals surface area contributed by atoms with Gasteiger partial charge in [-0.1, -0.05) is 18.2 Å². The molecule has 1 rings (SSSR count). The van der Waals surface area contributed by atoms with Gasteiger partial charge in [-0.05, 0) is 26.8 Å². The lowest BCUT2D eigenvalue weighted by Crippen LogP contribution is -2.42. The number of hydrogen-bond acceptors (Lipinski definition) is 3. The third-order valence-corrected chi connectivity index (χ3v) is 3.12. The number of para-hydroxylation sites is 1. The molecule has 0 atom stereocenters. The van der Waals surface area contributed by atoms with E-state index in [0.29, 0.717) is 19.7 Å². The lowest BCUT2D eigenvalue weighted by atomic mass is 9.92. The minimum absolute atomic E-state index is 0.0429. The molecule has 1 aromatic rings. The van der Waals surface area contributed by atoms with Crippen molar-refractivity contribution in [1.82, 2.24) is 4.90 Å². The van der Waals surface area contributed by atoms with Gasteiger partial charge in [-0.3, -0.25) is 4.79 Å². The highest BCUT2D eigenvalue weighted by Crippen LogP contribution is 2.22. The number of ether oxygens (including phenoxy) is 1. The number of nitrogens with zero attached hydrogens (tertiary/aromatic N) is 1. The molecule has 1 aromatic carbocycles. The molecular formula is C15H24N2O2. The minimum Gasteiger partial charge on any atom is -0.494 e. The fourth-order valence-electron chi connectivity index (χ4n) is 1.86. The SMILES string of the molecule is CCOc1ccccc1CN(C)C(=O)C(C)(C)CN. The van der Waals surface area contributed by atoms with Crippen molar-refractivity contribution in [2.45, 2.75) is 27.3 Å². The van der Waals surface area contributed by atoms with Gasteiger partial charge in [0.25, 0.3) is 0 Å². The molecule has 0 fully saturated rings. The van der Waals surface area contributed by atoms with Crippen LogP contribution in [-0.2, 0) is 11.3 Å². The molecule has 0 spiro atoms. The van der Waals surface area contributed by atoms with Gasteiger partial charge in [0.05, 0.1) is 12.0 Å². The standard InChI is InChI=1S/C15H24N2O2/c1-5-19-13-9-7-6-8-12(13)10-17(4)14(18)15(2,3)11-16/h6-9H,5,10-11,16H2,1-4H3. The van der Waals surface area contributed by atoms with E-state index in [-0.39, 0.29) is 5.91 Å². The molecule has 4 heteroatoms.